The minimum absolute atomic E-state index is 0.0654. The van der Waals surface area contributed by atoms with Gasteiger partial charge in [0.15, 0.2) is 0 Å². The fraction of sp³-hybridized carbons (Fsp3) is 0.394. The molecular weight excluding hydrogens is 636 g/mol. The molecule has 1 unspecified atom stereocenters. The van der Waals surface area contributed by atoms with E-state index in [1.807, 2.05) is 11.9 Å². The Bertz CT molecular complexity index is 1660. The molecule has 13 heteroatoms. The van der Waals surface area contributed by atoms with Crippen molar-refractivity contribution < 1.29 is 28.7 Å². The van der Waals surface area contributed by atoms with Crippen molar-refractivity contribution in [1.29, 1.82) is 0 Å². The maximum Gasteiger partial charge on any atom is 0.285 e. The van der Waals surface area contributed by atoms with E-state index in [2.05, 4.69) is 9.88 Å². The van der Waals surface area contributed by atoms with Crippen LogP contribution < -0.4 is 5.73 Å². The number of piperazine rings is 1. The van der Waals surface area contributed by atoms with Crippen molar-refractivity contribution in [2.75, 3.05) is 46.4 Å². The Kier molecular flexibility index (Phi) is 8.92. The van der Waals surface area contributed by atoms with E-state index in [4.69, 9.17) is 33.7 Å². The molecule has 242 valence electrons. The van der Waals surface area contributed by atoms with E-state index in [9.17, 15) is 19.5 Å². The number of pyridine rings is 1. The van der Waals surface area contributed by atoms with Crippen molar-refractivity contribution in [2.24, 2.45) is 11.1 Å². The number of aliphatic hydroxyl groups excluding tert-OH is 1. The van der Waals surface area contributed by atoms with Crippen molar-refractivity contribution in [2.45, 2.75) is 31.1 Å². The molecule has 10 nitrogen and oxygen atoms in total. The molecule has 2 atom stereocenters. The molecule has 3 heterocycles. The summed E-state index contributed by atoms with van der Waals surface area (Å²) in [5, 5.41) is 12.0. The van der Waals surface area contributed by atoms with E-state index in [1.165, 1.54) is 12.3 Å². The summed E-state index contributed by atoms with van der Waals surface area (Å²) in [6.07, 6.45) is 0.632. The molecule has 3 aliphatic rings. The monoisotopic (exact) mass is 669 g/mol. The third kappa shape index (κ3) is 5.92. The molecule has 1 saturated heterocycles. The van der Waals surface area contributed by atoms with Crippen molar-refractivity contribution in [3.8, 4) is 11.1 Å². The van der Waals surface area contributed by atoms with Gasteiger partial charge in [-0.15, -0.1) is 5.12 Å². The Morgan fingerprint density at radius 3 is 2.33 bits per heavy atom. The number of rotatable bonds is 11. The van der Waals surface area contributed by atoms with Gasteiger partial charge in [0.2, 0.25) is 11.7 Å². The summed E-state index contributed by atoms with van der Waals surface area (Å²) < 4.78 is 22.8. The first-order chi connectivity index (χ1) is 21.9. The van der Waals surface area contributed by atoms with E-state index >= 15 is 4.48 Å². The van der Waals surface area contributed by atoms with Gasteiger partial charge in [0.05, 0.1) is 22.6 Å². The first-order valence-corrected chi connectivity index (χ1v) is 15.8. The fourth-order valence-corrected chi connectivity index (χ4v) is 6.41. The van der Waals surface area contributed by atoms with E-state index in [-0.39, 0.29) is 29.2 Å². The average molecular weight is 671 g/mol. The van der Waals surface area contributed by atoms with Gasteiger partial charge in [-0.25, -0.2) is 0 Å². The molecule has 1 aromatic heterocycles. The van der Waals surface area contributed by atoms with Gasteiger partial charge in [0, 0.05) is 61.6 Å². The van der Waals surface area contributed by atoms with Crippen LogP contribution in [0.25, 0.3) is 11.1 Å². The highest BCUT2D eigenvalue weighted by Gasteiger charge is 2.62. The lowest BCUT2D eigenvalue weighted by Crippen LogP contribution is -2.56. The number of fused-ring (bicyclic) bond motifs is 1. The van der Waals surface area contributed by atoms with Gasteiger partial charge in [0.25, 0.3) is 11.6 Å². The van der Waals surface area contributed by atoms with E-state index in [0.29, 0.717) is 58.4 Å². The highest BCUT2D eigenvalue weighted by molar-refractivity contribution is 6.30. The topological polar surface area (TPSA) is 129 Å². The number of aliphatic hydroxyl groups is 1. The Morgan fingerprint density at radius 1 is 1.04 bits per heavy atom. The van der Waals surface area contributed by atoms with E-state index < -0.39 is 41.4 Å². The van der Waals surface area contributed by atoms with Crippen LogP contribution in [-0.4, -0.2) is 95.1 Å². The smallest absolute Gasteiger partial charge is 0.285 e. The summed E-state index contributed by atoms with van der Waals surface area (Å²) in [5.41, 5.74) is 3.96. The minimum Gasteiger partial charge on any atom is -0.384 e. The first kappa shape index (κ1) is 32.5. The number of carbonyl (C=O) groups excluding carboxylic acids is 3. The third-order valence-electron chi connectivity index (χ3n) is 9.25. The van der Waals surface area contributed by atoms with E-state index in [0.717, 1.165) is 13.1 Å². The second-order valence-corrected chi connectivity index (χ2v) is 13.2. The number of nitrogens with two attached hydrogens (primary N) is 1. The molecule has 2 aromatic carbocycles. The molecule has 6 rings (SSSR count). The van der Waals surface area contributed by atoms with Gasteiger partial charge < -0.3 is 20.5 Å². The molecule has 46 heavy (non-hydrogen) atoms. The van der Waals surface area contributed by atoms with Gasteiger partial charge in [-0.2, -0.15) is 0 Å². The number of ketones is 1. The number of aromatic nitrogens is 1. The molecule has 0 spiro atoms. The van der Waals surface area contributed by atoms with E-state index in [1.54, 1.807) is 42.5 Å². The lowest BCUT2D eigenvalue weighted by atomic mass is 9.86. The van der Waals surface area contributed by atoms with Crippen LogP contribution in [0.1, 0.15) is 40.0 Å². The summed E-state index contributed by atoms with van der Waals surface area (Å²) >= 11 is 12.2. The average Bonchev–Trinajstić information content (AvgIpc) is 3.81. The number of carbonyl (C=O) groups is 3. The third-order valence-corrected chi connectivity index (χ3v) is 9.72. The summed E-state index contributed by atoms with van der Waals surface area (Å²) in [6, 6.07) is 13.4. The lowest BCUT2D eigenvalue weighted by molar-refractivity contribution is -0.218. The molecule has 0 radical (unpaired) electrons. The number of hydrogen-bond donors (Lipinski definition) is 2. The van der Waals surface area contributed by atoms with Crippen LogP contribution in [0.3, 0.4) is 0 Å². The second-order valence-electron chi connectivity index (χ2n) is 12.3. The number of β-amino-alcohol motifs (C(OH)–C–C–N with tert-alkyl or cyclic N) is 1. The number of ether oxygens (including phenoxy) is 1. The number of Topliss-reactive ketones (excluding diaryl/α,β-unsaturated/α-hetero) is 1. The zero-order valence-electron chi connectivity index (χ0n) is 25.2. The molecule has 2 fully saturated rings. The fourth-order valence-electron chi connectivity index (χ4n) is 6.17. The Balaban J connectivity index is 1.48. The Hall–Kier alpha value is -3.45. The predicted octanol–water partition coefficient (Wildman–Crippen LogP) is 3.60. The summed E-state index contributed by atoms with van der Waals surface area (Å²) in [5.74, 6) is -2.80. The van der Waals surface area contributed by atoms with Crippen LogP contribution in [-0.2, 0) is 26.5 Å². The molecule has 2 aliphatic heterocycles. The number of likely N-dealkylation sites (N-methyl/N-ethyl adjacent to an activating group) is 1. The maximum absolute atomic E-state index is 16.7. The highest BCUT2D eigenvalue weighted by Crippen LogP contribution is 2.51. The maximum atomic E-state index is 16.7. The van der Waals surface area contributed by atoms with Crippen LogP contribution >= 0.6 is 23.2 Å². The summed E-state index contributed by atoms with van der Waals surface area (Å²) in [7, 11) is 1.98. The van der Waals surface area contributed by atoms with Gasteiger partial charge in [-0.05, 0) is 60.8 Å². The normalized spacial score (nSPS) is 21.7. The number of hydrogen-bond acceptors (Lipinski definition) is 8. The van der Waals surface area contributed by atoms with Gasteiger partial charge >= 0.3 is 0 Å². The summed E-state index contributed by atoms with van der Waals surface area (Å²) in [4.78, 5) is 49.0. The standard InChI is InChI=1S/C33H34Cl2FN5O5/c1-39-12-14-40(15-13-39)18-27(42)29(43)33(46-19-32(10-11-32)31(37)45)26-9-8-24(20-2-4-21(34)5-3-20)25(28(26)30(44)41(33)36)16-23-7-6-22(35)17-38-23/h2-9,17,27,42H,10-16,18-19H2,1H3,(H2,37,45)/t27?,33-/m1/s1. The van der Waals surface area contributed by atoms with Crippen molar-refractivity contribution in [3.05, 3.63) is 87.2 Å². The zero-order chi connectivity index (χ0) is 32.8. The summed E-state index contributed by atoms with van der Waals surface area (Å²) in [6.45, 7) is 2.16. The Labute approximate surface area is 275 Å². The number of benzene rings is 2. The molecule has 3 N–H and O–H groups in total. The number of primary amides is 1. The first-order valence-electron chi connectivity index (χ1n) is 15.1. The van der Waals surface area contributed by atoms with Gasteiger partial charge in [0.1, 0.15) is 6.10 Å². The SMILES string of the molecule is CN1CCN(CC(O)C(=O)[C@]2(OCC3(C(N)=O)CC3)c3ccc(-c4ccc(Cl)cc4)c(Cc4ccc(Cl)cn4)c3C(=O)N2F)CC1. The predicted molar refractivity (Wildman–Crippen MR) is 170 cm³/mol. The molecule has 2 amide bonds. The highest BCUT2D eigenvalue weighted by atomic mass is 35.5. The van der Waals surface area contributed by atoms with Gasteiger partial charge in [-0.3, -0.25) is 24.3 Å². The quantitative estimate of drug-likeness (QED) is 0.297. The number of amides is 2. The van der Waals surface area contributed by atoms with Crippen LogP contribution in [0.2, 0.25) is 10.0 Å². The molecule has 1 saturated carbocycles. The van der Waals surface area contributed by atoms with Crippen molar-refractivity contribution in [1.82, 2.24) is 19.9 Å². The van der Waals surface area contributed by atoms with Gasteiger partial charge in [-0.1, -0.05) is 51.9 Å². The van der Waals surface area contributed by atoms with Crippen molar-refractivity contribution in [3.63, 3.8) is 0 Å². The number of halogens is 3. The molecular formula is C33H34Cl2FN5O5. The van der Waals surface area contributed by atoms with Crippen LogP contribution in [0, 0.1) is 5.41 Å². The molecule has 1 aliphatic carbocycles. The lowest BCUT2D eigenvalue weighted by Gasteiger charge is -2.37. The molecule has 3 aromatic rings. The number of nitrogens with zero attached hydrogens (tertiary/aromatic N) is 4. The van der Waals surface area contributed by atoms with Crippen LogP contribution in [0.4, 0.5) is 4.48 Å². The van der Waals surface area contributed by atoms with Crippen molar-refractivity contribution >= 4 is 40.8 Å². The van der Waals surface area contributed by atoms with Crippen LogP contribution in [0.5, 0.6) is 0 Å². The molecule has 0 bridgehead atoms. The van der Waals surface area contributed by atoms with Crippen LogP contribution in [0.15, 0.2) is 54.7 Å². The Morgan fingerprint density at radius 2 is 1.72 bits per heavy atom. The minimum atomic E-state index is -2.65. The zero-order valence-corrected chi connectivity index (χ0v) is 26.7. The largest absolute Gasteiger partial charge is 0.384 e. The second kappa shape index (κ2) is 12.6.